The van der Waals surface area contributed by atoms with Crippen molar-refractivity contribution in [2.45, 2.75) is 0 Å². The van der Waals surface area contributed by atoms with Crippen LogP contribution in [-0.2, 0) is 0 Å². The van der Waals surface area contributed by atoms with Gasteiger partial charge < -0.3 is 4.90 Å². The molecular formula is C18H15Cl3N4S. The molecule has 3 rings (SSSR count). The van der Waals surface area contributed by atoms with Crippen LogP contribution in [0.1, 0.15) is 5.56 Å². The molecule has 0 bridgehead atoms. The number of benzene rings is 2. The molecule has 8 heteroatoms. The highest BCUT2D eigenvalue weighted by Crippen LogP contribution is 2.26. The molecule has 0 aliphatic rings. The summed E-state index contributed by atoms with van der Waals surface area (Å²) in [6.07, 6.45) is 1.73. The standard InChI is InChI=1S/C18H15Cl3N4S/c19-11-25(12-20)16-7-1-13(2-8-16)9-22-24-18-23-17(10-26-18)14-3-5-15(21)6-4-14/h1-10H,11-12H2,(H,23,24). The Balaban J connectivity index is 1.61. The van der Waals surface area contributed by atoms with Gasteiger partial charge in [-0.1, -0.05) is 35.9 Å². The maximum Gasteiger partial charge on any atom is 0.203 e. The van der Waals surface area contributed by atoms with E-state index in [4.69, 9.17) is 34.8 Å². The predicted octanol–water partition coefficient (Wildman–Crippen LogP) is 6.11. The average Bonchev–Trinajstić information content (AvgIpc) is 3.13. The fourth-order valence-electron chi connectivity index (χ4n) is 2.18. The highest BCUT2D eigenvalue weighted by molar-refractivity contribution is 7.14. The topological polar surface area (TPSA) is 40.5 Å². The largest absolute Gasteiger partial charge is 0.344 e. The van der Waals surface area contributed by atoms with E-state index in [1.165, 1.54) is 11.3 Å². The van der Waals surface area contributed by atoms with Gasteiger partial charge in [0, 0.05) is 21.7 Å². The third kappa shape index (κ3) is 4.89. The Hall–Kier alpha value is -1.79. The molecule has 0 unspecified atom stereocenters. The Morgan fingerprint density at radius 3 is 2.38 bits per heavy atom. The number of anilines is 2. The van der Waals surface area contributed by atoms with Crippen molar-refractivity contribution in [2.24, 2.45) is 5.10 Å². The van der Waals surface area contributed by atoms with Gasteiger partial charge in [0.05, 0.1) is 23.9 Å². The van der Waals surface area contributed by atoms with Crippen molar-refractivity contribution >= 4 is 63.2 Å². The molecule has 0 saturated heterocycles. The minimum Gasteiger partial charge on any atom is -0.344 e. The number of hydrogen-bond acceptors (Lipinski definition) is 5. The molecule has 1 heterocycles. The average molecular weight is 426 g/mol. The zero-order chi connectivity index (χ0) is 18.4. The van der Waals surface area contributed by atoms with Crippen LogP contribution in [0.4, 0.5) is 10.8 Å². The highest BCUT2D eigenvalue weighted by Gasteiger charge is 2.04. The number of alkyl halides is 2. The smallest absolute Gasteiger partial charge is 0.203 e. The lowest BCUT2D eigenvalue weighted by atomic mass is 10.2. The minimum absolute atomic E-state index is 0.346. The van der Waals surface area contributed by atoms with Crippen molar-refractivity contribution in [2.75, 3.05) is 22.3 Å². The molecule has 3 aromatic rings. The molecule has 0 radical (unpaired) electrons. The zero-order valence-corrected chi connectivity index (χ0v) is 16.7. The van der Waals surface area contributed by atoms with Crippen molar-refractivity contribution < 1.29 is 0 Å². The summed E-state index contributed by atoms with van der Waals surface area (Å²) in [4.78, 5) is 6.36. The summed E-state index contributed by atoms with van der Waals surface area (Å²) in [5, 5.41) is 7.64. The number of hydrazone groups is 1. The molecule has 134 valence electrons. The van der Waals surface area contributed by atoms with Gasteiger partial charge in [-0.3, -0.25) is 5.43 Å². The Labute approximate surface area is 171 Å². The van der Waals surface area contributed by atoms with Gasteiger partial charge in [0.15, 0.2) is 0 Å². The van der Waals surface area contributed by atoms with E-state index in [0.29, 0.717) is 17.0 Å². The van der Waals surface area contributed by atoms with Gasteiger partial charge in [0.1, 0.15) is 0 Å². The monoisotopic (exact) mass is 424 g/mol. The molecule has 0 saturated carbocycles. The summed E-state index contributed by atoms with van der Waals surface area (Å²) in [5.41, 5.74) is 6.78. The first-order valence-electron chi connectivity index (χ1n) is 7.67. The van der Waals surface area contributed by atoms with Crippen molar-refractivity contribution in [3.8, 4) is 11.3 Å². The van der Waals surface area contributed by atoms with E-state index in [-0.39, 0.29) is 0 Å². The second kappa shape index (κ2) is 9.24. The van der Waals surface area contributed by atoms with Crippen molar-refractivity contribution in [3.05, 3.63) is 64.5 Å². The van der Waals surface area contributed by atoms with Crippen molar-refractivity contribution in [1.29, 1.82) is 0 Å². The number of nitrogens with one attached hydrogen (secondary N) is 1. The van der Waals surface area contributed by atoms with E-state index in [9.17, 15) is 0 Å². The third-order valence-corrected chi connectivity index (χ3v) is 5.14. The van der Waals surface area contributed by atoms with Crippen LogP contribution in [0, 0.1) is 0 Å². The van der Waals surface area contributed by atoms with Gasteiger partial charge in [-0.2, -0.15) is 5.10 Å². The number of rotatable bonds is 7. The SMILES string of the molecule is ClCN(CCl)c1ccc(C=NNc2nc(-c3ccc(Cl)cc3)cs2)cc1. The summed E-state index contributed by atoms with van der Waals surface area (Å²) in [5.74, 6) is 0. The molecule has 26 heavy (non-hydrogen) atoms. The fourth-order valence-corrected chi connectivity index (χ4v) is 3.51. The molecule has 1 N–H and O–H groups in total. The maximum absolute atomic E-state index is 5.91. The Morgan fingerprint density at radius 1 is 1.04 bits per heavy atom. The summed E-state index contributed by atoms with van der Waals surface area (Å²) >= 11 is 19.1. The van der Waals surface area contributed by atoms with Crippen LogP contribution in [0.25, 0.3) is 11.3 Å². The second-order valence-electron chi connectivity index (χ2n) is 5.29. The zero-order valence-electron chi connectivity index (χ0n) is 13.6. The molecule has 0 spiro atoms. The van der Waals surface area contributed by atoms with Gasteiger partial charge in [0.25, 0.3) is 0 Å². The molecule has 0 amide bonds. The molecule has 2 aromatic carbocycles. The number of thiazole rings is 1. The third-order valence-electron chi connectivity index (χ3n) is 3.56. The Kier molecular flexibility index (Phi) is 6.74. The maximum atomic E-state index is 5.91. The highest BCUT2D eigenvalue weighted by atomic mass is 35.5. The molecule has 0 fully saturated rings. The summed E-state index contributed by atoms with van der Waals surface area (Å²) in [6, 6.07) is 16.1. The lowest BCUT2D eigenvalue weighted by Crippen LogP contribution is -2.18. The van der Waals surface area contributed by atoms with Crippen LogP contribution in [-0.4, -0.2) is 23.2 Å². The quantitative estimate of drug-likeness (QED) is 0.215. The van der Waals surface area contributed by atoms with Crippen molar-refractivity contribution in [1.82, 2.24) is 4.98 Å². The molecule has 4 nitrogen and oxygen atoms in total. The normalized spacial score (nSPS) is 11.0. The Morgan fingerprint density at radius 2 is 1.73 bits per heavy atom. The van der Waals surface area contributed by atoms with E-state index in [1.807, 2.05) is 58.8 Å². The van der Waals surface area contributed by atoms with Gasteiger partial charge in [-0.25, -0.2) is 4.98 Å². The van der Waals surface area contributed by atoms with E-state index in [1.54, 1.807) is 6.21 Å². The molecule has 1 aromatic heterocycles. The number of aromatic nitrogens is 1. The molecule has 0 aliphatic carbocycles. The summed E-state index contributed by atoms with van der Waals surface area (Å²) in [7, 11) is 0. The van der Waals surface area contributed by atoms with Gasteiger partial charge in [0.2, 0.25) is 5.13 Å². The lowest BCUT2D eigenvalue weighted by molar-refractivity contribution is 1.05. The Bertz CT molecular complexity index is 859. The number of halogens is 3. The fraction of sp³-hybridized carbons (Fsp3) is 0.111. The lowest BCUT2D eigenvalue weighted by Gasteiger charge is -2.18. The number of hydrogen-bond donors (Lipinski definition) is 1. The van der Waals surface area contributed by atoms with Gasteiger partial charge >= 0.3 is 0 Å². The van der Waals surface area contributed by atoms with Gasteiger partial charge in [-0.05, 0) is 29.8 Å². The van der Waals surface area contributed by atoms with Crippen LogP contribution < -0.4 is 10.3 Å². The first-order chi connectivity index (χ1) is 12.7. The van der Waals surface area contributed by atoms with Crippen LogP contribution in [0.15, 0.2) is 59.0 Å². The van der Waals surface area contributed by atoms with E-state index >= 15 is 0 Å². The van der Waals surface area contributed by atoms with Crippen LogP contribution >= 0.6 is 46.1 Å². The summed E-state index contributed by atoms with van der Waals surface area (Å²) in [6.45, 7) is 0. The first kappa shape index (κ1) is 19.0. The second-order valence-corrected chi connectivity index (χ2v) is 7.06. The van der Waals surface area contributed by atoms with Crippen LogP contribution in [0.5, 0.6) is 0 Å². The van der Waals surface area contributed by atoms with E-state index < -0.39 is 0 Å². The molecule has 0 aliphatic heterocycles. The number of nitrogens with zero attached hydrogens (tertiary/aromatic N) is 3. The molecule has 0 atom stereocenters. The minimum atomic E-state index is 0.346. The predicted molar refractivity (Wildman–Crippen MR) is 114 cm³/mol. The van der Waals surface area contributed by atoms with E-state index in [0.717, 1.165) is 27.6 Å². The van der Waals surface area contributed by atoms with Crippen molar-refractivity contribution in [3.63, 3.8) is 0 Å². The van der Waals surface area contributed by atoms with Crippen LogP contribution in [0.3, 0.4) is 0 Å². The first-order valence-corrected chi connectivity index (χ1v) is 10.00. The summed E-state index contributed by atoms with van der Waals surface area (Å²) < 4.78 is 0. The van der Waals surface area contributed by atoms with Crippen LogP contribution in [0.2, 0.25) is 5.02 Å². The van der Waals surface area contributed by atoms with Gasteiger partial charge in [-0.15, -0.1) is 34.5 Å². The molecular weight excluding hydrogens is 411 g/mol. The van der Waals surface area contributed by atoms with E-state index in [2.05, 4.69) is 15.5 Å².